The second-order valence-electron chi connectivity index (χ2n) is 11.1. The maximum atomic E-state index is 14.5. The summed E-state index contributed by atoms with van der Waals surface area (Å²) in [6.45, 7) is -14.4. The molecule has 4 aromatic rings. The standard InChI is InChI=1S/C33H41N5O8S2/c1-20(2)15-38(48(41,42)26-8-9-28-23(13-26)14-34-37-28)16-30(39)29(36-33(40)46-31-18-45-32-27(31)10-11-43-32)12-22-4-6-25(7-5-22)44-17-24-19-47-21(3)35-24/h4-9,13-14,19-20,27,29-32,39H,10-12,15-18H2,1-3H3,(H,34,37)(H,36,40)/t27-,29-,30+,31-,32+/m0/s1/i1D3,2D3,15D2,18D2,20D,31D. The van der Waals surface area contributed by atoms with Crippen LogP contribution in [0.3, 0.4) is 0 Å². The number of aliphatic hydroxyl groups is 1. The van der Waals surface area contributed by atoms with E-state index in [4.69, 9.17) is 35.4 Å². The predicted molar refractivity (Wildman–Crippen MR) is 178 cm³/mol. The fraction of sp³-hybridized carbons (Fsp3) is 0.485. The first-order valence-electron chi connectivity index (χ1n) is 20.8. The minimum atomic E-state index is -5.39. The van der Waals surface area contributed by atoms with Gasteiger partial charge in [-0.3, -0.25) is 5.10 Å². The molecule has 2 aromatic carbocycles. The number of fused-ring (bicyclic) bond motifs is 2. The van der Waals surface area contributed by atoms with Crippen LogP contribution in [0.4, 0.5) is 4.79 Å². The Bertz CT molecular complexity index is 2280. The molecule has 2 aromatic heterocycles. The molecule has 3 N–H and O–H groups in total. The van der Waals surface area contributed by atoms with Crippen LogP contribution in [0.1, 0.15) is 52.8 Å². The van der Waals surface area contributed by atoms with Crippen LogP contribution in [0, 0.1) is 18.7 Å². The van der Waals surface area contributed by atoms with Gasteiger partial charge in [0.05, 0.1) is 62.7 Å². The van der Waals surface area contributed by atoms with Gasteiger partial charge in [-0.05, 0) is 61.6 Å². The zero-order valence-electron chi connectivity index (χ0n) is 37.5. The summed E-state index contributed by atoms with van der Waals surface area (Å²) in [5, 5.41) is 23.5. The first-order valence-corrected chi connectivity index (χ1v) is 17.1. The number of hydrogen-bond donors (Lipinski definition) is 3. The number of aliphatic hydroxyl groups excluding tert-OH is 1. The molecule has 6 rings (SSSR count). The van der Waals surface area contributed by atoms with Gasteiger partial charge in [0, 0.05) is 36.1 Å². The highest BCUT2D eigenvalue weighted by Gasteiger charge is 2.44. The van der Waals surface area contributed by atoms with E-state index < -0.39 is 97.1 Å². The van der Waals surface area contributed by atoms with Crippen molar-refractivity contribution in [1.29, 1.82) is 0 Å². The largest absolute Gasteiger partial charge is 0.487 e. The number of benzene rings is 2. The highest BCUT2D eigenvalue weighted by atomic mass is 32.2. The summed E-state index contributed by atoms with van der Waals surface area (Å²) in [5.74, 6) is -4.85. The number of hydrogen-bond acceptors (Lipinski definition) is 11. The highest BCUT2D eigenvalue weighted by Crippen LogP contribution is 2.33. The molecule has 15 heteroatoms. The van der Waals surface area contributed by atoms with Crippen molar-refractivity contribution in [2.75, 3.05) is 26.2 Å². The SMILES string of the molecule is [2H]C([2H])([2H])C([2H])(C([2H])([2H])[2H])C([2H])([2H])N(C[C@@H](O)[C@H](Cc1ccc(OCc2csc(C)n2)cc1)NC(=O)O[C@]1([2H])[C@@H]2CCO[C@@H]2OC1([2H])[2H])S(=O)(=O)c1ccc2[nH]ncc2c1. The van der Waals surface area contributed by atoms with Crippen LogP contribution in [-0.4, -0.2) is 89.8 Å². The van der Waals surface area contributed by atoms with E-state index in [1.54, 1.807) is 12.1 Å². The summed E-state index contributed by atoms with van der Waals surface area (Å²) in [5.41, 5.74) is 1.38. The van der Waals surface area contributed by atoms with Crippen LogP contribution in [0.5, 0.6) is 5.75 Å². The maximum absolute atomic E-state index is 14.5. The molecule has 2 aliphatic heterocycles. The molecule has 0 unspecified atom stereocenters. The van der Waals surface area contributed by atoms with E-state index >= 15 is 0 Å². The van der Waals surface area contributed by atoms with Gasteiger partial charge < -0.3 is 29.4 Å². The highest BCUT2D eigenvalue weighted by molar-refractivity contribution is 7.89. The lowest BCUT2D eigenvalue weighted by molar-refractivity contribution is -0.0907. The third-order valence-electron chi connectivity index (χ3n) is 7.64. The monoisotopic (exact) mass is 711 g/mol. The number of nitrogens with one attached hydrogen (secondary N) is 2. The Labute approximate surface area is 300 Å². The van der Waals surface area contributed by atoms with Crippen LogP contribution in [0.15, 0.2) is 58.9 Å². The van der Waals surface area contributed by atoms with Gasteiger partial charge in [0.25, 0.3) is 0 Å². The van der Waals surface area contributed by atoms with E-state index in [0.29, 0.717) is 22.5 Å². The Hall–Kier alpha value is -3.60. The average molecular weight is 712 g/mol. The lowest BCUT2D eigenvalue weighted by Gasteiger charge is -2.31. The topological polar surface area (TPSA) is 165 Å². The summed E-state index contributed by atoms with van der Waals surface area (Å²) < 4.78 is 150. The maximum Gasteiger partial charge on any atom is 0.407 e. The Morgan fingerprint density at radius 1 is 1.33 bits per heavy atom. The van der Waals surface area contributed by atoms with Crippen molar-refractivity contribution in [3.63, 3.8) is 0 Å². The number of carbonyl (C=O) groups excluding carboxylic acids is 1. The average Bonchev–Trinajstić information content (AvgIpc) is 3.94. The second kappa shape index (κ2) is 14.9. The first-order chi connectivity index (χ1) is 27.7. The van der Waals surface area contributed by atoms with Gasteiger partial charge in [-0.1, -0.05) is 25.8 Å². The van der Waals surface area contributed by atoms with E-state index in [2.05, 4.69) is 20.5 Å². The van der Waals surface area contributed by atoms with Crippen molar-refractivity contribution in [2.24, 2.45) is 11.8 Å². The molecule has 2 aliphatic rings. The van der Waals surface area contributed by atoms with Crippen molar-refractivity contribution >= 4 is 38.4 Å². The summed E-state index contributed by atoms with van der Waals surface area (Å²) in [4.78, 5) is 17.3. The van der Waals surface area contributed by atoms with Crippen molar-refractivity contribution in [3.8, 4) is 5.75 Å². The zero-order valence-corrected chi connectivity index (χ0v) is 27.1. The molecular weight excluding hydrogens is 659 g/mol. The number of thiazole rings is 1. The first kappa shape index (κ1) is 22.2. The number of aromatic nitrogens is 3. The van der Waals surface area contributed by atoms with Gasteiger partial charge in [0.1, 0.15) is 18.4 Å². The number of amides is 1. The quantitative estimate of drug-likeness (QED) is 0.174. The number of carbonyl (C=O) groups is 1. The minimum Gasteiger partial charge on any atom is -0.487 e. The summed E-state index contributed by atoms with van der Waals surface area (Å²) in [6, 6.07) is 7.72. The fourth-order valence-corrected chi connectivity index (χ4v) is 7.16. The molecule has 5 atom stereocenters. The second-order valence-corrected chi connectivity index (χ2v) is 14.0. The molecule has 0 aliphatic carbocycles. The van der Waals surface area contributed by atoms with Gasteiger partial charge >= 0.3 is 6.09 Å². The van der Waals surface area contributed by atoms with Crippen molar-refractivity contribution in [2.45, 2.75) is 69.5 Å². The lowest BCUT2D eigenvalue weighted by atomic mass is 10.0. The molecule has 4 heterocycles. The van der Waals surface area contributed by atoms with E-state index in [9.17, 15) is 18.3 Å². The Balaban J connectivity index is 1.37. The van der Waals surface area contributed by atoms with Gasteiger partial charge in [0.2, 0.25) is 10.0 Å². The zero-order chi connectivity index (χ0) is 44.3. The van der Waals surface area contributed by atoms with Crippen LogP contribution in [-0.2, 0) is 37.3 Å². The number of ether oxygens (including phenoxy) is 4. The van der Waals surface area contributed by atoms with Crippen LogP contribution < -0.4 is 10.1 Å². The molecule has 0 bridgehead atoms. The van der Waals surface area contributed by atoms with Crippen molar-refractivity contribution in [1.82, 2.24) is 24.8 Å². The van der Waals surface area contributed by atoms with Gasteiger partial charge in [0.15, 0.2) is 6.29 Å². The van der Waals surface area contributed by atoms with Gasteiger partial charge in [-0.25, -0.2) is 18.2 Å². The Morgan fingerprint density at radius 3 is 2.94 bits per heavy atom. The van der Waals surface area contributed by atoms with Crippen molar-refractivity contribution in [3.05, 3.63) is 70.3 Å². The number of aromatic amines is 1. The Morgan fingerprint density at radius 2 is 2.17 bits per heavy atom. The minimum absolute atomic E-state index is 0.0747. The molecule has 0 saturated carbocycles. The number of alkyl carbamates (subject to hydrolysis) is 1. The molecule has 2 fully saturated rings. The van der Waals surface area contributed by atoms with E-state index in [-0.39, 0.29) is 29.3 Å². The third-order valence-corrected chi connectivity index (χ3v) is 10.1. The number of nitrogens with zero attached hydrogens (tertiary/aromatic N) is 3. The molecule has 1 amide bonds. The summed E-state index contributed by atoms with van der Waals surface area (Å²) >= 11 is 1.44. The third kappa shape index (κ3) is 8.15. The van der Waals surface area contributed by atoms with Crippen LogP contribution in [0.2, 0.25) is 0 Å². The van der Waals surface area contributed by atoms with Crippen molar-refractivity contribution < 1.29 is 53.7 Å². The predicted octanol–water partition coefficient (Wildman–Crippen LogP) is 4.01. The Kier molecular flexibility index (Phi) is 6.88. The molecule has 2 saturated heterocycles. The fourth-order valence-electron chi connectivity index (χ4n) is 5.23. The van der Waals surface area contributed by atoms with Crippen LogP contribution in [0.25, 0.3) is 10.9 Å². The van der Waals surface area contributed by atoms with E-state index in [1.807, 2.05) is 12.3 Å². The van der Waals surface area contributed by atoms with Gasteiger partial charge in [-0.2, -0.15) is 9.40 Å². The summed E-state index contributed by atoms with van der Waals surface area (Å²) in [6.07, 6.45) is -6.70. The number of H-pyrrole nitrogens is 1. The normalized spacial score (nSPS) is 28.0. The van der Waals surface area contributed by atoms with Gasteiger partial charge in [-0.15, -0.1) is 11.3 Å². The number of rotatable bonds is 14. The van der Waals surface area contributed by atoms with Crippen LogP contribution >= 0.6 is 11.3 Å². The van der Waals surface area contributed by atoms with E-state index in [1.165, 1.54) is 35.7 Å². The molecule has 0 spiro atoms. The molecular formula is C33H41N5O8S2. The molecule has 48 heavy (non-hydrogen) atoms. The smallest absolute Gasteiger partial charge is 0.407 e. The van der Waals surface area contributed by atoms with E-state index in [0.717, 1.165) is 17.1 Å². The summed E-state index contributed by atoms with van der Waals surface area (Å²) in [7, 11) is -5.39. The lowest BCUT2D eigenvalue weighted by Crippen LogP contribution is -2.51. The molecule has 258 valence electrons. The number of sulfonamides is 1. The number of aryl methyl sites for hydroxylation is 1. The molecule has 0 radical (unpaired) electrons. The molecule has 13 nitrogen and oxygen atoms in total.